The van der Waals surface area contributed by atoms with Crippen LogP contribution < -0.4 is 5.32 Å². The Morgan fingerprint density at radius 1 is 1.35 bits per heavy atom. The number of halogens is 1. The van der Waals surface area contributed by atoms with Gasteiger partial charge >= 0.3 is 0 Å². The average Bonchev–Trinajstić information content (AvgIpc) is 3.31. The van der Waals surface area contributed by atoms with Gasteiger partial charge in [0.2, 0.25) is 5.82 Å². The second-order valence-corrected chi connectivity index (χ2v) is 7.13. The average molecular weight is 371 g/mol. The first kappa shape index (κ1) is 16.9. The van der Waals surface area contributed by atoms with Crippen LogP contribution >= 0.6 is 11.3 Å². The fourth-order valence-electron chi connectivity index (χ4n) is 3.03. The summed E-state index contributed by atoms with van der Waals surface area (Å²) in [6.07, 6.45) is 0. The van der Waals surface area contributed by atoms with E-state index in [0.717, 1.165) is 18.0 Å². The third-order valence-electron chi connectivity index (χ3n) is 4.35. The van der Waals surface area contributed by atoms with Crippen LogP contribution in [0, 0.1) is 5.82 Å². The summed E-state index contributed by atoms with van der Waals surface area (Å²) >= 11 is 1.50. The number of carbonyl (C=O) groups is 1. The summed E-state index contributed by atoms with van der Waals surface area (Å²) in [7, 11) is 0. The Morgan fingerprint density at radius 2 is 2.23 bits per heavy atom. The summed E-state index contributed by atoms with van der Waals surface area (Å²) in [6.45, 7) is 4.10. The van der Waals surface area contributed by atoms with Crippen LogP contribution in [-0.2, 0) is 0 Å². The zero-order valence-corrected chi connectivity index (χ0v) is 15.0. The fourth-order valence-corrected chi connectivity index (χ4v) is 3.73. The molecule has 1 aliphatic heterocycles. The van der Waals surface area contributed by atoms with Gasteiger partial charge < -0.3 is 10.2 Å². The van der Waals surface area contributed by atoms with Crippen molar-refractivity contribution in [2.24, 2.45) is 0 Å². The minimum absolute atomic E-state index is 0.0718. The first-order chi connectivity index (χ1) is 12.6. The van der Waals surface area contributed by atoms with E-state index in [1.54, 1.807) is 17.0 Å². The highest BCUT2D eigenvalue weighted by molar-refractivity contribution is 7.13. The number of nitrogens with zero attached hydrogens (tertiary/aromatic N) is 4. The lowest BCUT2D eigenvalue weighted by atomic mass is 10.2. The van der Waals surface area contributed by atoms with E-state index >= 15 is 0 Å². The largest absolute Gasteiger partial charge is 0.331 e. The summed E-state index contributed by atoms with van der Waals surface area (Å²) < 4.78 is 15.2. The van der Waals surface area contributed by atoms with Gasteiger partial charge in [0.05, 0.1) is 10.6 Å². The van der Waals surface area contributed by atoms with Crippen LogP contribution in [0.5, 0.6) is 0 Å². The van der Waals surface area contributed by atoms with E-state index in [2.05, 4.69) is 15.4 Å². The van der Waals surface area contributed by atoms with E-state index in [0.29, 0.717) is 18.1 Å². The summed E-state index contributed by atoms with van der Waals surface area (Å²) in [5.41, 5.74) is 0.535. The number of piperazine rings is 1. The molecule has 1 amide bonds. The first-order valence-corrected chi connectivity index (χ1v) is 9.30. The summed E-state index contributed by atoms with van der Waals surface area (Å²) in [5, 5.41) is 9.61. The van der Waals surface area contributed by atoms with Gasteiger partial charge in [-0.05, 0) is 36.6 Å². The zero-order valence-electron chi connectivity index (χ0n) is 14.2. The van der Waals surface area contributed by atoms with Crippen LogP contribution in [0.1, 0.15) is 17.5 Å². The molecule has 8 heteroatoms. The smallest absolute Gasteiger partial charge is 0.293 e. The molecule has 0 spiro atoms. The Morgan fingerprint density at radius 3 is 2.96 bits per heavy atom. The molecule has 1 saturated heterocycles. The van der Waals surface area contributed by atoms with Gasteiger partial charge in [0.1, 0.15) is 5.82 Å². The van der Waals surface area contributed by atoms with Crippen molar-refractivity contribution in [1.29, 1.82) is 0 Å². The molecule has 3 aromatic rings. The maximum atomic E-state index is 13.7. The van der Waals surface area contributed by atoms with Crippen molar-refractivity contribution in [3.63, 3.8) is 0 Å². The predicted molar refractivity (Wildman–Crippen MR) is 98.0 cm³/mol. The van der Waals surface area contributed by atoms with Gasteiger partial charge in [-0.25, -0.2) is 14.1 Å². The second kappa shape index (κ2) is 6.97. The van der Waals surface area contributed by atoms with Gasteiger partial charge in [0, 0.05) is 25.7 Å². The van der Waals surface area contributed by atoms with E-state index in [9.17, 15) is 9.18 Å². The highest BCUT2D eigenvalue weighted by Gasteiger charge is 2.28. The molecular weight excluding hydrogens is 353 g/mol. The topological polar surface area (TPSA) is 63.1 Å². The number of rotatable bonds is 3. The van der Waals surface area contributed by atoms with Gasteiger partial charge in [-0.15, -0.1) is 16.4 Å². The Bertz CT molecular complexity index is 924. The molecule has 1 aromatic carbocycles. The Labute approximate surface area is 154 Å². The molecule has 1 fully saturated rings. The lowest BCUT2D eigenvalue weighted by molar-refractivity contribution is 0.0643. The standard InChI is InChI=1S/C18H18FN5OS/c1-12-11-20-7-8-23(12)18(25)16-21-17(15-6-3-9-26-15)24(22-16)14-5-2-4-13(19)10-14/h2-6,9-10,12,20H,7-8,11H2,1H3. The van der Waals surface area contributed by atoms with Crippen molar-refractivity contribution in [2.75, 3.05) is 19.6 Å². The van der Waals surface area contributed by atoms with Gasteiger partial charge in [0.25, 0.3) is 5.91 Å². The van der Waals surface area contributed by atoms with Crippen LogP contribution in [0.25, 0.3) is 16.4 Å². The lowest BCUT2D eigenvalue weighted by Gasteiger charge is -2.33. The highest BCUT2D eigenvalue weighted by Crippen LogP contribution is 2.26. The molecule has 2 aromatic heterocycles. The van der Waals surface area contributed by atoms with Gasteiger partial charge in [-0.3, -0.25) is 4.79 Å². The maximum absolute atomic E-state index is 13.7. The van der Waals surface area contributed by atoms with Crippen LogP contribution in [0.3, 0.4) is 0 Å². The number of aromatic nitrogens is 3. The molecule has 0 saturated carbocycles. The van der Waals surface area contributed by atoms with Crippen molar-refractivity contribution in [3.05, 3.63) is 53.4 Å². The fraction of sp³-hybridized carbons (Fsp3) is 0.278. The van der Waals surface area contributed by atoms with Crippen molar-refractivity contribution >= 4 is 17.2 Å². The predicted octanol–water partition coefficient (Wildman–Crippen LogP) is 2.57. The molecule has 4 rings (SSSR count). The number of thiophene rings is 1. The number of hydrogen-bond acceptors (Lipinski definition) is 5. The van der Waals surface area contributed by atoms with Crippen LogP contribution in [0.15, 0.2) is 41.8 Å². The number of amides is 1. The third-order valence-corrected chi connectivity index (χ3v) is 5.22. The van der Waals surface area contributed by atoms with E-state index in [-0.39, 0.29) is 23.6 Å². The summed E-state index contributed by atoms with van der Waals surface area (Å²) in [4.78, 5) is 20.1. The molecule has 1 atom stereocenters. The van der Waals surface area contributed by atoms with Gasteiger partial charge in [0.15, 0.2) is 5.82 Å². The van der Waals surface area contributed by atoms with Crippen molar-refractivity contribution in [2.45, 2.75) is 13.0 Å². The van der Waals surface area contributed by atoms with Crippen molar-refractivity contribution < 1.29 is 9.18 Å². The third kappa shape index (κ3) is 3.13. The van der Waals surface area contributed by atoms with Crippen molar-refractivity contribution in [3.8, 4) is 16.4 Å². The molecule has 1 N–H and O–H groups in total. The lowest BCUT2D eigenvalue weighted by Crippen LogP contribution is -2.52. The minimum Gasteiger partial charge on any atom is -0.331 e. The van der Waals surface area contributed by atoms with Gasteiger partial charge in [-0.1, -0.05) is 12.1 Å². The van der Waals surface area contributed by atoms with E-state index in [1.165, 1.54) is 28.2 Å². The molecule has 1 unspecified atom stereocenters. The Balaban J connectivity index is 1.77. The van der Waals surface area contributed by atoms with Crippen LogP contribution in [0.2, 0.25) is 0 Å². The van der Waals surface area contributed by atoms with Crippen LogP contribution in [0.4, 0.5) is 4.39 Å². The summed E-state index contributed by atoms with van der Waals surface area (Å²) in [6, 6.07) is 10.0. The zero-order chi connectivity index (χ0) is 18.1. The van der Waals surface area contributed by atoms with E-state index < -0.39 is 0 Å². The minimum atomic E-state index is -0.362. The van der Waals surface area contributed by atoms with Crippen LogP contribution in [-0.4, -0.2) is 51.2 Å². The number of hydrogen-bond donors (Lipinski definition) is 1. The number of carbonyl (C=O) groups excluding carboxylic acids is 1. The van der Waals surface area contributed by atoms with E-state index in [4.69, 9.17) is 0 Å². The molecule has 6 nitrogen and oxygen atoms in total. The SMILES string of the molecule is CC1CNCCN1C(=O)c1nc(-c2cccs2)n(-c2cccc(F)c2)n1. The first-order valence-electron chi connectivity index (χ1n) is 8.42. The monoisotopic (exact) mass is 371 g/mol. The molecule has 134 valence electrons. The molecule has 1 aliphatic rings. The normalized spacial score (nSPS) is 17.5. The molecule has 0 radical (unpaired) electrons. The van der Waals surface area contributed by atoms with E-state index in [1.807, 2.05) is 24.4 Å². The number of benzene rings is 1. The van der Waals surface area contributed by atoms with Gasteiger partial charge in [-0.2, -0.15) is 0 Å². The highest BCUT2D eigenvalue weighted by atomic mass is 32.1. The number of nitrogens with one attached hydrogen (secondary N) is 1. The Kier molecular flexibility index (Phi) is 4.52. The molecule has 0 bridgehead atoms. The second-order valence-electron chi connectivity index (χ2n) is 6.18. The molecule has 26 heavy (non-hydrogen) atoms. The molecular formula is C18H18FN5OS. The maximum Gasteiger partial charge on any atom is 0.293 e. The molecule has 3 heterocycles. The summed E-state index contributed by atoms with van der Waals surface area (Å²) in [5.74, 6) is 0.105. The Hall–Kier alpha value is -2.58. The quantitative estimate of drug-likeness (QED) is 0.769. The molecule has 0 aliphatic carbocycles. The van der Waals surface area contributed by atoms with Crippen molar-refractivity contribution in [1.82, 2.24) is 25.0 Å².